The number of fused-ring (bicyclic) bond motifs is 1. The quantitative estimate of drug-likeness (QED) is 0.447. The first kappa shape index (κ1) is 19.0. The molecule has 1 fully saturated rings. The molecule has 0 saturated carbocycles. The largest absolute Gasteiger partial charge is 0.357 e. The summed E-state index contributed by atoms with van der Waals surface area (Å²) < 4.78 is 0. The lowest BCUT2D eigenvalue weighted by Gasteiger charge is -2.23. The van der Waals surface area contributed by atoms with Crippen LogP contribution in [0.3, 0.4) is 0 Å². The summed E-state index contributed by atoms with van der Waals surface area (Å²) in [5.41, 5.74) is 1.41. The number of nitrogens with one attached hydrogen (secondary N) is 1. The Morgan fingerprint density at radius 3 is 2.79 bits per heavy atom. The van der Waals surface area contributed by atoms with Gasteiger partial charge < -0.3 is 10.2 Å². The predicted molar refractivity (Wildman–Crippen MR) is 112 cm³/mol. The average Bonchev–Trinajstić information content (AvgIpc) is 2.91. The van der Waals surface area contributed by atoms with Gasteiger partial charge in [0.15, 0.2) is 5.96 Å². The number of rotatable bonds is 3. The molecule has 2 heterocycles. The normalized spacial score (nSPS) is 17.0. The van der Waals surface area contributed by atoms with E-state index in [-0.39, 0.29) is 24.0 Å². The van der Waals surface area contributed by atoms with E-state index in [1.54, 1.807) is 0 Å². The Kier molecular flexibility index (Phi) is 6.43. The summed E-state index contributed by atoms with van der Waals surface area (Å²) in [6.07, 6.45) is 3.09. The number of pyridine rings is 1. The summed E-state index contributed by atoms with van der Waals surface area (Å²) in [7, 11) is 0. The SMILES string of the molecule is CCNC(=NCc1nccc2ccccc12)N1CCC(C)(C)C1.I. The minimum Gasteiger partial charge on any atom is -0.357 e. The van der Waals surface area contributed by atoms with Crippen LogP contribution in [0.5, 0.6) is 0 Å². The molecule has 1 saturated heterocycles. The molecule has 4 nitrogen and oxygen atoms in total. The number of aromatic nitrogens is 1. The van der Waals surface area contributed by atoms with E-state index in [9.17, 15) is 0 Å². The maximum atomic E-state index is 4.85. The third-order valence-corrected chi connectivity index (χ3v) is 4.45. The topological polar surface area (TPSA) is 40.5 Å². The fourth-order valence-electron chi connectivity index (χ4n) is 3.18. The van der Waals surface area contributed by atoms with E-state index in [2.05, 4.69) is 66.3 Å². The Balaban J connectivity index is 0.00000208. The molecule has 130 valence electrons. The van der Waals surface area contributed by atoms with Gasteiger partial charge >= 0.3 is 0 Å². The summed E-state index contributed by atoms with van der Waals surface area (Å²) >= 11 is 0. The van der Waals surface area contributed by atoms with Crippen molar-refractivity contribution in [1.29, 1.82) is 0 Å². The minimum atomic E-state index is 0. The number of nitrogens with zero attached hydrogens (tertiary/aromatic N) is 3. The first-order chi connectivity index (χ1) is 11.1. The van der Waals surface area contributed by atoms with Gasteiger partial charge in [-0.15, -0.1) is 24.0 Å². The zero-order valence-electron chi connectivity index (χ0n) is 14.7. The van der Waals surface area contributed by atoms with Crippen molar-refractivity contribution in [3.63, 3.8) is 0 Å². The van der Waals surface area contributed by atoms with Gasteiger partial charge in [-0.3, -0.25) is 4.98 Å². The van der Waals surface area contributed by atoms with E-state index in [4.69, 9.17) is 4.99 Å². The number of hydrogen-bond donors (Lipinski definition) is 1. The van der Waals surface area contributed by atoms with Crippen molar-refractivity contribution in [1.82, 2.24) is 15.2 Å². The molecule has 1 aliphatic rings. The van der Waals surface area contributed by atoms with Crippen LogP contribution in [-0.2, 0) is 6.54 Å². The van der Waals surface area contributed by atoms with E-state index in [1.165, 1.54) is 17.2 Å². The zero-order chi connectivity index (χ0) is 16.3. The Morgan fingerprint density at radius 2 is 2.08 bits per heavy atom. The van der Waals surface area contributed by atoms with Crippen molar-refractivity contribution in [2.45, 2.75) is 33.7 Å². The summed E-state index contributed by atoms with van der Waals surface area (Å²) in [6.45, 7) is 10.4. The van der Waals surface area contributed by atoms with Crippen LogP contribution in [0.2, 0.25) is 0 Å². The predicted octanol–water partition coefficient (Wildman–Crippen LogP) is 4.05. The Labute approximate surface area is 161 Å². The van der Waals surface area contributed by atoms with Crippen LogP contribution in [0.15, 0.2) is 41.5 Å². The van der Waals surface area contributed by atoms with Crippen molar-refractivity contribution in [2.75, 3.05) is 19.6 Å². The van der Waals surface area contributed by atoms with Crippen molar-refractivity contribution >= 4 is 40.7 Å². The summed E-state index contributed by atoms with van der Waals surface area (Å²) in [5, 5.41) is 5.84. The van der Waals surface area contributed by atoms with Crippen molar-refractivity contribution in [2.24, 2.45) is 10.4 Å². The van der Waals surface area contributed by atoms with E-state index >= 15 is 0 Å². The summed E-state index contributed by atoms with van der Waals surface area (Å²) in [5.74, 6) is 1.01. The molecule has 0 atom stereocenters. The molecule has 5 heteroatoms. The number of likely N-dealkylation sites (tertiary alicyclic amines) is 1. The van der Waals surface area contributed by atoms with Crippen LogP contribution >= 0.6 is 24.0 Å². The molecule has 0 radical (unpaired) electrons. The maximum Gasteiger partial charge on any atom is 0.194 e. The first-order valence-corrected chi connectivity index (χ1v) is 8.45. The number of benzene rings is 1. The number of aliphatic imine (C=N–C) groups is 1. The lowest BCUT2D eigenvalue weighted by Crippen LogP contribution is -2.40. The third kappa shape index (κ3) is 4.37. The van der Waals surface area contributed by atoms with Gasteiger partial charge in [0.05, 0.1) is 12.2 Å². The maximum absolute atomic E-state index is 4.85. The van der Waals surface area contributed by atoms with Gasteiger partial charge in [-0.1, -0.05) is 38.1 Å². The second kappa shape index (κ2) is 8.14. The van der Waals surface area contributed by atoms with Crippen LogP contribution in [0.25, 0.3) is 10.8 Å². The molecule has 24 heavy (non-hydrogen) atoms. The van der Waals surface area contributed by atoms with Crippen molar-refractivity contribution in [3.8, 4) is 0 Å². The zero-order valence-corrected chi connectivity index (χ0v) is 17.1. The number of halogens is 1. The van der Waals surface area contributed by atoms with Crippen LogP contribution in [-0.4, -0.2) is 35.5 Å². The van der Waals surface area contributed by atoms with E-state index in [1.807, 2.05) is 6.20 Å². The molecule has 0 spiro atoms. The molecule has 0 aliphatic carbocycles. The summed E-state index contributed by atoms with van der Waals surface area (Å²) in [4.78, 5) is 11.8. The van der Waals surface area contributed by atoms with Crippen LogP contribution in [0.1, 0.15) is 32.9 Å². The average molecular weight is 438 g/mol. The minimum absolute atomic E-state index is 0. The first-order valence-electron chi connectivity index (χ1n) is 8.45. The highest BCUT2D eigenvalue weighted by atomic mass is 127. The molecule has 0 unspecified atom stereocenters. The van der Waals surface area contributed by atoms with Crippen LogP contribution in [0, 0.1) is 5.41 Å². The molecule has 1 aliphatic heterocycles. The van der Waals surface area contributed by atoms with E-state index in [0.29, 0.717) is 12.0 Å². The van der Waals surface area contributed by atoms with Gasteiger partial charge in [-0.25, -0.2) is 4.99 Å². The van der Waals surface area contributed by atoms with E-state index < -0.39 is 0 Å². The molecule has 3 rings (SSSR count). The second-order valence-corrected chi connectivity index (χ2v) is 6.98. The highest BCUT2D eigenvalue weighted by Gasteiger charge is 2.30. The van der Waals surface area contributed by atoms with Gasteiger partial charge in [-0.05, 0) is 30.2 Å². The molecule has 2 aromatic rings. The lowest BCUT2D eigenvalue weighted by molar-refractivity contribution is 0.370. The third-order valence-electron chi connectivity index (χ3n) is 4.45. The molecule has 0 bridgehead atoms. The van der Waals surface area contributed by atoms with Gasteiger partial charge in [0.1, 0.15) is 0 Å². The molecular weight excluding hydrogens is 411 g/mol. The Bertz CT molecular complexity index is 706. The smallest absolute Gasteiger partial charge is 0.194 e. The molecule has 1 aromatic heterocycles. The van der Waals surface area contributed by atoms with Gasteiger partial charge in [0, 0.05) is 31.2 Å². The van der Waals surface area contributed by atoms with Crippen molar-refractivity contribution in [3.05, 3.63) is 42.2 Å². The standard InChI is InChI=1S/C19H26N4.HI/c1-4-20-18(23-12-10-19(2,3)14-23)22-13-17-16-8-6-5-7-15(16)9-11-21-17;/h5-9,11H,4,10,12-14H2,1-3H3,(H,20,22);1H. The fourth-order valence-corrected chi connectivity index (χ4v) is 3.18. The Hall–Kier alpha value is -1.37. The summed E-state index contributed by atoms with van der Waals surface area (Å²) in [6, 6.07) is 10.4. The van der Waals surface area contributed by atoms with Crippen molar-refractivity contribution < 1.29 is 0 Å². The fraction of sp³-hybridized carbons (Fsp3) is 0.474. The Morgan fingerprint density at radius 1 is 1.29 bits per heavy atom. The van der Waals surface area contributed by atoms with Crippen LogP contribution < -0.4 is 5.32 Å². The number of hydrogen-bond acceptors (Lipinski definition) is 2. The highest BCUT2D eigenvalue weighted by molar-refractivity contribution is 14.0. The van der Waals surface area contributed by atoms with Crippen LogP contribution in [0.4, 0.5) is 0 Å². The van der Waals surface area contributed by atoms with E-state index in [0.717, 1.165) is 31.3 Å². The highest BCUT2D eigenvalue weighted by Crippen LogP contribution is 2.28. The number of guanidine groups is 1. The lowest BCUT2D eigenvalue weighted by atomic mass is 9.93. The molecule has 0 amide bonds. The second-order valence-electron chi connectivity index (χ2n) is 6.98. The molecule has 1 N–H and O–H groups in total. The van der Waals surface area contributed by atoms with Gasteiger partial charge in [0.2, 0.25) is 0 Å². The van der Waals surface area contributed by atoms with Gasteiger partial charge in [-0.2, -0.15) is 0 Å². The molecular formula is C19H27IN4. The monoisotopic (exact) mass is 438 g/mol. The molecule has 1 aromatic carbocycles. The van der Waals surface area contributed by atoms with Gasteiger partial charge in [0.25, 0.3) is 0 Å².